The summed E-state index contributed by atoms with van der Waals surface area (Å²) < 4.78 is 44.5. The number of ether oxygens (including phenoxy) is 1. The molecule has 36 heavy (non-hydrogen) atoms. The molecular formula is C23H23ClFN3O6S2. The number of amides is 2. The van der Waals surface area contributed by atoms with Gasteiger partial charge in [-0.25, -0.2) is 21.9 Å². The number of benzene rings is 2. The molecule has 0 saturated carbocycles. The maximum absolute atomic E-state index is 13.4. The van der Waals surface area contributed by atoms with Crippen LogP contribution in [-0.4, -0.2) is 67.9 Å². The second kappa shape index (κ2) is 10.0. The zero-order valence-corrected chi connectivity index (χ0v) is 21.8. The average molecular weight is 556 g/mol. The summed E-state index contributed by atoms with van der Waals surface area (Å²) in [5, 5.41) is 2.47. The van der Waals surface area contributed by atoms with Crippen LogP contribution in [0.3, 0.4) is 0 Å². The largest absolute Gasteiger partial charge is 0.454 e. The van der Waals surface area contributed by atoms with Gasteiger partial charge in [0.25, 0.3) is 5.91 Å². The summed E-state index contributed by atoms with van der Waals surface area (Å²) in [4.78, 5) is 38.4. The number of carbonyl (C=O) groups excluding carboxylic acids is 3. The van der Waals surface area contributed by atoms with E-state index in [2.05, 4.69) is 5.32 Å². The number of nitrogens with one attached hydrogen (secondary N) is 1. The van der Waals surface area contributed by atoms with Crippen molar-refractivity contribution in [3.05, 3.63) is 58.9 Å². The Morgan fingerprint density at radius 2 is 1.94 bits per heavy atom. The van der Waals surface area contributed by atoms with Gasteiger partial charge in [-0.1, -0.05) is 23.7 Å². The number of carbonyl (C=O) groups is 3. The van der Waals surface area contributed by atoms with Gasteiger partial charge < -0.3 is 15.0 Å². The van der Waals surface area contributed by atoms with E-state index >= 15 is 0 Å². The fraction of sp³-hybridized carbons (Fsp3) is 0.348. The van der Waals surface area contributed by atoms with Gasteiger partial charge in [0.1, 0.15) is 21.6 Å². The summed E-state index contributed by atoms with van der Waals surface area (Å²) in [6.45, 7) is -0.635. The molecule has 13 heteroatoms. The Kier molecular flexibility index (Phi) is 7.33. The highest BCUT2D eigenvalue weighted by Gasteiger charge is 2.57. The maximum atomic E-state index is 13.4. The van der Waals surface area contributed by atoms with Gasteiger partial charge in [0, 0.05) is 32.0 Å². The maximum Gasteiger partial charge on any atom is 0.330 e. The summed E-state index contributed by atoms with van der Waals surface area (Å²) >= 11 is 7.43. The van der Waals surface area contributed by atoms with Crippen molar-refractivity contribution in [3.8, 4) is 0 Å². The van der Waals surface area contributed by atoms with Gasteiger partial charge in [0.2, 0.25) is 15.9 Å². The molecule has 2 aromatic rings. The van der Waals surface area contributed by atoms with E-state index in [0.717, 1.165) is 9.87 Å². The predicted molar refractivity (Wildman–Crippen MR) is 132 cm³/mol. The molecule has 2 atom stereocenters. The average Bonchev–Trinajstić information content (AvgIpc) is 3.38. The number of rotatable bonds is 7. The van der Waals surface area contributed by atoms with Crippen molar-refractivity contribution in [2.75, 3.05) is 31.8 Å². The van der Waals surface area contributed by atoms with E-state index in [9.17, 15) is 27.2 Å². The number of sulfonamides is 1. The van der Waals surface area contributed by atoms with Crippen LogP contribution in [-0.2, 0) is 34.0 Å². The summed E-state index contributed by atoms with van der Waals surface area (Å²) in [5.74, 6) is -1.77. The molecule has 192 valence electrons. The van der Waals surface area contributed by atoms with Crippen molar-refractivity contribution < 1.29 is 31.9 Å². The van der Waals surface area contributed by atoms with Gasteiger partial charge in [-0.15, -0.1) is 11.8 Å². The molecule has 2 aliphatic heterocycles. The third kappa shape index (κ3) is 4.82. The first-order valence-electron chi connectivity index (χ1n) is 10.9. The van der Waals surface area contributed by atoms with Crippen LogP contribution in [0.15, 0.2) is 47.4 Å². The number of fused-ring (bicyclic) bond motifs is 1. The van der Waals surface area contributed by atoms with Gasteiger partial charge in [0.15, 0.2) is 6.61 Å². The highest BCUT2D eigenvalue weighted by atomic mass is 35.5. The van der Waals surface area contributed by atoms with E-state index in [1.54, 1.807) is 12.1 Å². The Morgan fingerprint density at radius 1 is 1.25 bits per heavy atom. The molecule has 2 fully saturated rings. The van der Waals surface area contributed by atoms with Crippen LogP contribution in [0.1, 0.15) is 18.4 Å². The van der Waals surface area contributed by atoms with Gasteiger partial charge in [0.05, 0.1) is 5.02 Å². The van der Waals surface area contributed by atoms with Crippen molar-refractivity contribution in [1.82, 2.24) is 9.21 Å². The van der Waals surface area contributed by atoms with Gasteiger partial charge >= 0.3 is 5.97 Å². The van der Waals surface area contributed by atoms with Crippen molar-refractivity contribution in [3.63, 3.8) is 0 Å². The molecule has 9 nitrogen and oxygen atoms in total. The van der Waals surface area contributed by atoms with Crippen molar-refractivity contribution >= 4 is 56.9 Å². The molecule has 0 aromatic heterocycles. The standard InChI is InChI=1S/C23H23ClFN3O6S2/c1-27(2)36(32,33)19-11-16(7-8-17(19)24)26-20(29)12-34-22(31)18-13-35-23(10-9-21(30)28(18)23)14-3-5-15(25)6-4-14/h3-8,11,18H,9-10,12-13H2,1-2H3,(H,26,29)/t18-,23+/m0/s1. The number of hydrogen-bond donors (Lipinski definition) is 1. The van der Waals surface area contributed by atoms with Crippen LogP contribution in [0.25, 0.3) is 0 Å². The summed E-state index contributed by atoms with van der Waals surface area (Å²) in [6, 6.07) is 8.91. The highest BCUT2D eigenvalue weighted by molar-refractivity contribution is 8.00. The van der Waals surface area contributed by atoms with E-state index in [-0.39, 0.29) is 33.7 Å². The molecule has 2 heterocycles. The Morgan fingerprint density at radius 3 is 2.61 bits per heavy atom. The molecule has 1 N–H and O–H groups in total. The molecule has 0 spiro atoms. The minimum absolute atomic E-state index is 0.00761. The van der Waals surface area contributed by atoms with Gasteiger partial charge in [-0.2, -0.15) is 0 Å². The fourth-order valence-corrected chi connectivity index (χ4v) is 7.26. The molecule has 2 aromatic carbocycles. The first-order valence-corrected chi connectivity index (χ1v) is 13.7. The molecular weight excluding hydrogens is 533 g/mol. The quantitative estimate of drug-likeness (QED) is 0.523. The Bertz CT molecular complexity index is 1320. The van der Waals surface area contributed by atoms with E-state index < -0.39 is 45.2 Å². The summed E-state index contributed by atoms with van der Waals surface area (Å²) in [5.41, 5.74) is 0.876. The Hall–Kier alpha value is -2.67. The molecule has 2 amide bonds. The van der Waals surface area contributed by atoms with Crippen LogP contribution in [0.2, 0.25) is 5.02 Å². The zero-order valence-electron chi connectivity index (χ0n) is 19.4. The van der Waals surface area contributed by atoms with Crippen LogP contribution >= 0.6 is 23.4 Å². The summed E-state index contributed by atoms with van der Waals surface area (Å²) in [6.07, 6.45) is 0.713. The molecule has 0 radical (unpaired) electrons. The Labute approximate surface area is 217 Å². The molecule has 2 saturated heterocycles. The molecule has 0 aliphatic carbocycles. The zero-order chi connectivity index (χ0) is 26.3. The lowest BCUT2D eigenvalue weighted by molar-refractivity contribution is -0.155. The van der Waals surface area contributed by atoms with Crippen molar-refractivity contribution in [1.29, 1.82) is 0 Å². The SMILES string of the molecule is CN(C)S(=O)(=O)c1cc(NC(=O)COC(=O)[C@@H]2CS[C@@]3(c4ccc(F)cc4)CCC(=O)N23)ccc1Cl. The van der Waals surface area contributed by atoms with Crippen LogP contribution in [0, 0.1) is 5.82 Å². The second-order valence-corrected chi connectivity index (χ2v) is 12.3. The third-order valence-corrected chi connectivity index (χ3v) is 9.91. The lowest BCUT2D eigenvalue weighted by atomic mass is 10.0. The monoisotopic (exact) mass is 555 g/mol. The summed E-state index contributed by atoms with van der Waals surface area (Å²) in [7, 11) is -1.13. The van der Waals surface area contributed by atoms with Crippen LogP contribution in [0.4, 0.5) is 10.1 Å². The highest BCUT2D eigenvalue weighted by Crippen LogP contribution is 2.54. The minimum atomic E-state index is -3.84. The number of anilines is 1. The van der Waals surface area contributed by atoms with Gasteiger partial charge in [-0.05, 0) is 42.3 Å². The predicted octanol–water partition coefficient (Wildman–Crippen LogP) is 2.80. The normalized spacial score (nSPS) is 21.5. The minimum Gasteiger partial charge on any atom is -0.454 e. The number of esters is 1. The molecule has 0 bridgehead atoms. The second-order valence-electron chi connectivity index (χ2n) is 8.47. The van der Waals surface area contributed by atoms with E-state index in [1.165, 1.54) is 61.1 Å². The first-order chi connectivity index (χ1) is 17.0. The molecule has 2 aliphatic rings. The molecule has 4 rings (SSSR count). The van der Waals surface area contributed by atoms with E-state index in [1.807, 2.05) is 0 Å². The number of hydrogen-bond acceptors (Lipinski definition) is 7. The molecule has 0 unspecified atom stereocenters. The van der Waals surface area contributed by atoms with E-state index in [0.29, 0.717) is 6.42 Å². The first kappa shape index (κ1) is 26.4. The lowest BCUT2D eigenvalue weighted by Crippen LogP contribution is -2.47. The fourth-order valence-electron chi connectivity index (χ4n) is 4.23. The van der Waals surface area contributed by atoms with E-state index in [4.69, 9.17) is 16.3 Å². The number of nitrogens with zero attached hydrogens (tertiary/aromatic N) is 2. The Balaban J connectivity index is 1.42. The van der Waals surface area contributed by atoms with Crippen molar-refractivity contribution in [2.45, 2.75) is 28.6 Å². The lowest BCUT2D eigenvalue weighted by Gasteiger charge is -2.33. The number of thioether (sulfide) groups is 1. The topological polar surface area (TPSA) is 113 Å². The van der Waals surface area contributed by atoms with Gasteiger partial charge in [-0.3, -0.25) is 9.59 Å². The smallest absolute Gasteiger partial charge is 0.330 e. The van der Waals surface area contributed by atoms with Crippen molar-refractivity contribution in [2.24, 2.45) is 0 Å². The third-order valence-electron chi connectivity index (χ3n) is 6.01. The number of halogens is 2. The van der Waals surface area contributed by atoms with Crippen LogP contribution < -0.4 is 5.32 Å². The van der Waals surface area contributed by atoms with Crippen LogP contribution in [0.5, 0.6) is 0 Å².